The fourth-order valence-corrected chi connectivity index (χ4v) is 1.96. The molecule has 0 fully saturated rings. The Bertz CT molecular complexity index is 315. The molecule has 0 spiro atoms. The van der Waals surface area contributed by atoms with Crippen LogP contribution in [0, 0.1) is 5.82 Å². The minimum Gasteiger partial charge on any atom is -0.389 e. The Kier molecular flexibility index (Phi) is 5.08. The highest BCUT2D eigenvalue weighted by atomic mass is 32.2. The average molecular weight is 230 g/mol. The number of benzene rings is 1. The zero-order chi connectivity index (χ0) is 11.3. The highest BCUT2D eigenvalue weighted by Gasteiger charge is 2.06. The summed E-state index contributed by atoms with van der Waals surface area (Å²) >= 11 is 1.41. The summed E-state index contributed by atoms with van der Waals surface area (Å²) in [5, 5.41) is 9.26. The number of thioether (sulfide) groups is 1. The lowest BCUT2D eigenvalue weighted by Crippen LogP contribution is -1.95. The lowest BCUT2D eigenvalue weighted by molar-refractivity contribution is 0.198. The molecule has 2 nitrogen and oxygen atoms in total. The SMILES string of the molecule is COCCSc1ccc([C@H](C)O)cc1F. The van der Waals surface area contributed by atoms with Crippen LogP contribution in [0.4, 0.5) is 4.39 Å². The lowest BCUT2D eigenvalue weighted by Gasteiger charge is -2.07. The van der Waals surface area contributed by atoms with Gasteiger partial charge in [0.1, 0.15) is 5.82 Å². The number of hydrogen-bond donors (Lipinski definition) is 1. The van der Waals surface area contributed by atoms with Gasteiger partial charge in [0.05, 0.1) is 12.7 Å². The van der Waals surface area contributed by atoms with Gasteiger partial charge in [-0.2, -0.15) is 0 Å². The van der Waals surface area contributed by atoms with Gasteiger partial charge in [-0.3, -0.25) is 0 Å². The average Bonchev–Trinajstić information content (AvgIpc) is 2.20. The van der Waals surface area contributed by atoms with Crippen molar-refractivity contribution in [1.82, 2.24) is 0 Å². The van der Waals surface area contributed by atoms with Crippen LogP contribution in [0.1, 0.15) is 18.6 Å². The molecule has 1 aromatic rings. The number of halogens is 1. The van der Waals surface area contributed by atoms with E-state index in [1.54, 1.807) is 26.2 Å². The molecule has 0 amide bonds. The highest BCUT2D eigenvalue weighted by molar-refractivity contribution is 7.99. The van der Waals surface area contributed by atoms with Crippen molar-refractivity contribution < 1.29 is 14.2 Å². The second-order valence-electron chi connectivity index (χ2n) is 3.21. The standard InChI is InChI=1S/C11H15FO2S/c1-8(13)9-3-4-11(10(12)7-9)15-6-5-14-2/h3-4,7-8,13H,5-6H2,1-2H3/t8-/m0/s1. The van der Waals surface area contributed by atoms with Crippen molar-refractivity contribution in [2.45, 2.75) is 17.9 Å². The van der Waals surface area contributed by atoms with Gasteiger partial charge in [0, 0.05) is 17.8 Å². The van der Waals surface area contributed by atoms with E-state index >= 15 is 0 Å². The third-order valence-electron chi connectivity index (χ3n) is 1.98. The van der Waals surface area contributed by atoms with Crippen LogP contribution in [0.2, 0.25) is 0 Å². The highest BCUT2D eigenvalue weighted by Crippen LogP contribution is 2.24. The fraction of sp³-hybridized carbons (Fsp3) is 0.455. The second-order valence-corrected chi connectivity index (χ2v) is 4.34. The molecule has 1 rings (SSSR count). The maximum Gasteiger partial charge on any atom is 0.137 e. The Morgan fingerprint density at radius 1 is 1.53 bits per heavy atom. The van der Waals surface area contributed by atoms with E-state index in [0.717, 1.165) is 5.75 Å². The number of ether oxygens (including phenoxy) is 1. The second kappa shape index (κ2) is 6.10. The summed E-state index contributed by atoms with van der Waals surface area (Å²) in [6.45, 7) is 2.22. The van der Waals surface area contributed by atoms with Gasteiger partial charge >= 0.3 is 0 Å². The van der Waals surface area contributed by atoms with E-state index in [1.807, 2.05) is 0 Å². The van der Waals surface area contributed by atoms with E-state index < -0.39 is 6.10 Å². The zero-order valence-electron chi connectivity index (χ0n) is 8.87. The van der Waals surface area contributed by atoms with Crippen molar-refractivity contribution in [2.24, 2.45) is 0 Å². The normalized spacial score (nSPS) is 12.8. The molecule has 0 aliphatic carbocycles. The molecule has 0 heterocycles. The number of methoxy groups -OCH3 is 1. The minimum absolute atomic E-state index is 0.283. The Balaban J connectivity index is 2.66. The maximum atomic E-state index is 13.5. The predicted octanol–water partition coefficient (Wildman–Crippen LogP) is 2.62. The monoisotopic (exact) mass is 230 g/mol. The minimum atomic E-state index is -0.627. The van der Waals surface area contributed by atoms with E-state index in [4.69, 9.17) is 4.74 Å². The molecule has 0 saturated carbocycles. The smallest absolute Gasteiger partial charge is 0.137 e. The van der Waals surface area contributed by atoms with Gasteiger partial charge in [-0.25, -0.2) is 4.39 Å². The fourth-order valence-electron chi connectivity index (χ4n) is 1.13. The summed E-state index contributed by atoms with van der Waals surface area (Å²) in [6, 6.07) is 4.81. The molecule has 4 heteroatoms. The molecule has 0 aliphatic heterocycles. The molecule has 0 bridgehead atoms. The maximum absolute atomic E-state index is 13.5. The Morgan fingerprint density at radius 2 is 2.27 bits per heavy atom. The number of aliphatic hydroxyl groups is 1. The van der Waals surface area contributed by atoms with E-state index in [-0.39, 0.29) is 5.82 Å². The van der Waals surface area contributed by atoms with Crippen LogP contribution in [0.25, 0.3) is 0 Å². The lowest BCUT2D eigenvalue weighted by atomic mass is 10.1. The van der Waals surface area contributed by atoms with E-state index in [0.29, 0.717) is 17.1 Å². The molecule has 0 aromatic heterocycles. The van der Waals surface area contributed by atoms with Crippen LogP contribution in [-0.4, -0.2) is 24.6 Å². The topological polar surface area (TPSA) is 29.5 Å². The zero-order valence-corrected chi connectivity index (χ0v) is 9.68. The van der Waals surface area contributed by atoms with Gasteiger partial charge in [-0.15, -0.1) is 11.8 Å². The first-order chi connectivity index (χ1) is 7.15. The molecule has 0 saturated heterocycles. The van der Waals surface area contributed by atoms with Gasteiger partial charge in [0.25, 0.3) is 0 Å². The summed E-state index contributed by atoms with van der Waals surface area (Å²) in [6.07, 6.45) is -0.627. The van der Waals surface area contributed by atoms with Crippen molar-refractivity contribution in [3.63, 3.8) is 0 Å². The molecule has 15 heavy (non-hydrogen) atoms. The van der Waals surface area contributed by atoms with Gasteiger partial charge < -0.3 is 9.84 Å². The van der Waals surface area contributed by atoms with Crippen molar-refractivity contribution >= 4 is 11.8 Å². The summed E-state index contributed by atoms with van der Waals surface area (Å²) in [5.74, 6) is 0.441. The van der Waals surface area contributed by atoms with Crippen molar-refractivity contribution in [3.05, 3.63) is 29.6 Å². The van der Waals surface area contributed by atoms with Crippen LogP contribution in [0.3, 0.4) is 0 Å². The van der Waals surface area contributed by atoms with Crippen LogP contribution >= 0.6 is 11.8 Å². The third-order valence-corrected chi connectivity index (χ3v) is 3.00. The first kappa shape index (κ1) is 12.5. The molecule has 0 aliphatic rings. The molecule has 1 aromatic carbocycles. The number of aliphatic hydroxyl groups excluding tert-OH is 1. The van der Waals surface area contributed by atoms with Crippen molar-refractivity contribution in [2.75, 3.05) is 19.5 Å². The summed E-state index contributed by atoms with van der Waals surface area (Å²) in [7, 11) is 1.62. The van der Waals surface area contributed by atoms with Crippen LogP contribution in [0.5, 0.6) is 0 Å². The molecule has 1 atom stereocenters. The molecular weight excluding hydrogens is 215 g/mol. The van der Waals surface area contributed by atoms with Gasteiger partial charge in [-0.1, -0.05) is 6.07 Å². The Hall–Kier alpha value is -0.580. The largest absolute Gasteiger partial charge is 0.389 e. The van der Waals surface area contributed by atoms with Crippen molar-refractivity contribution in [3.8, 4) is 0 Å². The predicted molar refractivity (Wildman–Crippen MR) is 59.6 cm³/mol. The first-order valence-corrected chi connectivity index (χ1v) is 5.73. The van der Waals surface area contributed by atoms with Gasteiger partial charge in [0.2, 0.25) is 0 Å². The van der Waals surface area contributed by atoms with E-state index in [2.05, 4.69) is 0 Å². The van der Waals surface area contributed by atoms with E-state index in [1.165, 1.54) is 17.8 Å². The molecular formula is C11H15FO2S. The van der Waals surface area contributed by atoms with Crippen LogP contribution < -0.4 is 0 Å². The number of rotatable bonds is 5. The van der Waals surface area contributed by atoms with Crippen LogP contribution in [-0.2, 0) is 4.74 Å². The Labute approximate surface area is 93.5 Å². The summed E-state index contributed by atoms with van der Waals surface area (Å²) in [4.78, 5) is 0.594. The van der Waals surface area contributed by atoms with Crippen LogP contribution in [0.15, 0.2) is 23.1 Å². The molecule has 84 valence electrons. The summed E-state index contributed by atoms with van der Waals surface area (Å²) in [5.41, 5.74) is 0.601. The molecule has 0 radical (unpaired) electrons. The summed E-state index contributed by atoms with van der Waals surface area (Å²) < 4.78 is 18.3. The number of hydrogen-bond acceptors (Lipinski definition) is 3. The van der Waals surface area contributed by atoms with Gasteiger partial charge in [0.15, 0.2) is 0 Å². The molecule has 0 unspecified atom stereocenters. The first-order valence-electron chi connectivity index (χ1n) is 4.74. The molecule has 1 N–H and O–H groups in total. The van der Waals surface area contributed by atoms with Crippen molar-refractivity contribution in [1.29, 1.82) is 0 Å². The van der Waals surface area contributed by atoms with Gasteiger partial charge in [-0.05, 0) is 24.6 Å². The third kappa shape index (κ3) is 3.81. The Morgan fingerprint density at radius 3 is 2.80 bits per heavy atom. The quantitative estimate of drug-likeness (QED) is 0.623. The van der Waals surface area contributed by atoms with E-state index in [9.17, 15) is 9.50 Å².